The van der Waals surface area contributed by atoms with Crippen LogP contribution >= 0.6 is 0 Å². The highest BCUT2D eigenvalue weighted by molar-refractivity contribution is 5.48. The fourth-order valence-corrected chi connectivity index (χ4v) is 2.04. The zero-order valence-corrected chi connectivity index (χ0v) is 9.99. The quantitative estimate of drug-likeness (QED) is 0.835. The summed E-state index contributed by atoms with van der Waals surface area (Å²) in [6.45, 7) is 6.69. The van der Waals surface area contributed by atoms with Crippen molar-refractivity contribution >= 4 is 0 Å². The zero-order valence-electron chi connectivity index (χ0n) is 9.99. The van der Waals surface area contributed by atoms with E-state index in [2.05, 4.69) is 37.1 Å². The summed E-state index contributed by atoms with van der Waals surface area (Å²) in [4.78, 5) is 0. The summed E-state index contributed by atoms with van der Waals surface area (Å²) < 4.78 is 1.98. The number of para-hydroxylation sites is 1. The molecule has 2 N–H and O–H groups in total. The topological polar surface area (TPSA) is 43.8 Å². The second-order valence-corrected chi connectivity index (χ2v) is 4.13. The zero-order chi connectivity index (χ0) is 11.7. The fraction of sp³-hybridized carbons (Fsp3) is 0.308. The van der Waals surface area contributed by atoms with Crippen molar-refractivity contribution in [1.82, 2.24) is 9.78 Å². The molecular weight excluding hydrogens is 198 g/mol. The van der Waals surface area contributed by atoms with Crippen molar-refractivity contribution in [2.24, 2.45) is 5.73 Å². The molecule has 84 valence electrons. The van der Waals surface area contributed by atoms with Crippen LogP contribution in [0, 0.1) is 20.8 Å². The van der Waals surface area contributed by atoms with Crippen LogP contribution < -0.4 is 5.73 Å². The van der Waals surface area contributed by atoms with E-state index < -0.39 is 0 Å². The largest absolute Gasteiger partial charge is 0.326 e. The third-order valence-electron chi connectivity index (χ3n) is 2.76. The van der Waals surface area contributed by atoms with E-state index in [0.29, 0.717) is 6.54 Å². The molecule has 2 rings (SSSR count). The lowest BCUT2D eigenvalue weighted by Gasteiger charge is -2.12. The number of rotatable bonds is 2. The molecule has 2 aromatic rings. The predicted octanol–water partition coefficient (Wildman–Crippen LogP) is 2.26. The van der Waals surface area contributed by atoms with Gasteiger partial charge in [-0.15, -0.1) is 0 Å². The van der Waals surface area contributed by atoms with Crippen molar-refractivity contribution in [2.45, 2.75) is 27.3 Å². The highest BCUT2D eigenvalue weighted by Gasteiger charge is 2.10. The van der Waals surface area contributed by atoms with Crippen molar-refractivity contribution in [3.05, 3.63) is 46.8 Å². The Morgan fingerprint density at radius 3 is 2.56 bits per heavy atom. The van der Waals surface area contributed by atoms with Crippen LogP contribution in [0.2, 0.25) is 0 Å². The summed E-state index contributed by atoms with van der Waals surface area (Å²) in [5, 5.41) is 4.51. The highest BCUT2D eigenvalue weighted by Crippen LogP contribution is 2.20. The van der Waals surface area contributed by atoms with Gasteiger partial charge in [-0.25, -0.2) is 4.68 Å². The van der Waals surface area contributed by atoms with Gasteiger partial charge in [-0.05, 0) is 38.0 Å². The first-order chi connectivity index (χ1) is 7.63. The van der Waals surface area contributed by atoms with Crippen LogP contribution in [-0.4, -0.2) is 9.78 Å². The van der Waals surface area contributed by atoms with E-state index in [1.807, 2.05) is 17.7 Å². The average Bonchev–Trinajstić information content (AvgIpc) is 2.57. The minimum atomic E-state index is 0.537. The van der Waals surface area contributed by atoms with Crippen molar-refractivity contribution in [3.8, 4) is 5.69 Å². The molecule has 0 aliphatic heterocycles. The van der Waals surface area contributed by atoms with Crippen molar-refractivity contribution < 1.29 is 0 Å². The minimum Gasteiger partial charge on any atom is -0.326 e. The normalized spacial score (nSPS) is 10.8. The molecule has 0 bridgehead atoms. The second-order valence-electron chi connectivity index (χ2n) is 4.13. The van der Waals surface area contributed by atoms with Crippen LogP contribution in [0.3, 0.4) is 0 Å². The van der Waals surface area contributed by atoms with Gasteiger partial charge in [0, 0.05) is 12.2 Å². The predicted molar refractivity (Wildman–Crippen MR) is 65.7 cm³/mol. The summed E-state index contributed by atoms with van der Waals surface area (Å²) >= 11 is 0. The van der Waals surface area contributed by atoms with Gasteiger partial charge in [-0.3, -0.25) is 0 Å². The van der Waals surface area contributed by atoms with Gasteiger partial charge in [-0.1, -0.05) is 18.2 Å². The third kappa shape index (κ3) is 1.74. The van der Waals surface area contributed by atoms with Crippen LogP contribution in [0.4, 0.5) is 0 Å². The molecule has 3 nitrogen and oxygen atoms in total. The monoisotopic (exact) mass is 215 g/mol. The molecule has 0 saturated carbocycles. The Kier molecular flexibility index (Phi) is 2.79. The van der Waals surface area contributed by atoms with Crippen LogP contribution in [0.15, 0.2) is 24.3 Å². The van der Waals surface area contributed by atoms with Gasteiger partial charge in [0.15, 0.2) is 0 Å². The Labute approximate surface area is 95.9 Å². The molecule has 0 fully saturated rings. The summed E-state index contributed by atoms with van der Waals surface area (Å²) in [5.74, 6) is 0. The Morgan fingerprint density at radius 1 is 1.25 bits per heavy atom. The number of aryl methyl sites for hydroxylation is 3. The van der Waals surface area contributed by atoms with Gasteiger partial charge in [-0.2, -0.15) is 5.10 Å². The molecule has 0 spiro atoms. The van der Waals surface area contributed by atoms with Gasteiger partial charge < -0.3 is 5.73 Å². The van der Waals surface area contributed by atoms with Gasteiger partial charge in [0.05, 0.1) is 11.4 Å². The smallest absolute Gasteiger partial charge is 0.0722 e. The van der Waals surface area contributed by atoms with E-state index in [1.54, 1.807) is 0 Å². The molecule has 0 aliphatic carbocycles. The molecule has 16 heavy (non-hydrogen) atoms. The van der Waals surface area contributed by atoms with Crippen LogP contribution in [-0.2, 0) is 6.54 Å². The summed E-state index contributed by atoms with van der Waals surface area (Å²) in [7, 11) is 0. The fourth-order valence-electron chi connectivity index (χ4n) is 2.04. The van der Waals surface area contributed by atoms with Gasteiger partial charge in [0.1, 0.15) is 0 Å². The molecule has 1 aromatic carbocycles. The first-order valence-electron chi connectivity index (χ1n) is 5.45. The third-order valence-corrected chi connectivity index (χ3v) is 2.76. The van der Waals surface area contributed by atoms with E-state index in [0.717, 1.165) is 22.6 Å². The molecule has 0 aliphatic rings. The number of nitrogens with two attached hydrogens (primary N) is 1. The van der Waals surface area contributed by atoms with Gasteiger partial charge in [0.2, 0.25) is 0 Å². The Balaban J connectivity index is 2.67. The van der Waals surface area contributed by atoms with Crippen LogP contribution in [0.5, 0.6) is 0 Å². The Hall–Kier alpha value is -1.61. The molecule has 0 radical (unpaired) electrons. The summed E-state index contributed by atoms with van der Waals surface area (Å²) in [6, 6.07) is 8.25. The van der Waals surface area contributed by atoms with E-state index >= 15 is 0 Å². The lowest BCUT2D eigenvalue weighted by molar-refractivity contribution is 0.811. The second kappa shape index (κ2) is 4.10. The molecule has 0 amide bonds. The Bertz CT molecular complexity index is 512. The maximum atomic E-state index is 5.77. The van der Waals surface area contributed by atoms with E-state index in [9.17, 15) is 0 Å². The molecule has 3 heteroatoms. The van der Waals surface area contributed by atoms with E-state index in [4.69, 9.17) is 5.73 Å². The molecular formula is C13H17N3. The SMILES string of the molecule is Cc1cc(C)n(-c2c(C)cccc2CN)n1. The molecule has 1 aromatic heterocycles. The maximum absolute atomic E-state index is 5.77. The summed E-state index contributed by atoms with van der Waals surface area (Å²) in [5.41, 5.74) is 11.4. The first kappa shape index (κ1) is 10.9. The highest BCUT2D eigenvalue weighted by atomic mass is 15.3. The number of hydrogen-bond donors (Lipinski definition) is 1. The Morgan fingerprint density at radius 2 is 2.00 bits per heavy atom. The van der Waals surface area contributed by atoms with Crippen molar-refractivity contribution in [1.29, 1.82) is 0 Å². The number of hydrogen-bond acceptors (Lipinski definition) is 2. The van der Waals surface area contributed by atoms with Gasteiger partial charge in [0.25, 0.3) is 0 Å². The average molecular weight is 215 g/mol. The molecule has 0 saturated heterocycles. The van der Waals surface area contributed by atoms with E-state index in [1.165, 1.54) is 5.56 Å². The molecule has 0 atom stereocenters. The number of aromatic nitrogens is 2. The van der Waals surface area contributed by atoms with Crippen molar-refractivity contribution in [3.63, 3.8) is 0 Å². The number of benzene rings is 1. The number of nitrogens with zero attached hydrogens (tertiary/aromatic N) is 2. The van der Waals surface area contributed by atoms with Crippen LogP contribution in [0.25, 0.3) is 5.69 Å². The van der Waals surface area contributed by atoms with E-state index in [-0.39, 0.29) is 0 Å². The standard InChI is InChI=1S/C13H17N3/c1-9-5-4-6-12(8-14)13(9)16-11(3)7-10(2)15-16/h4-7H,8,14H2,1-3H3. The maximum Gasteiger partial charge on any atom is 0.0722 e. The lowest BCUT2D eigenvalue weighted by Crippen LogP contribution is -2.08. The lowest BCUT2D eigenvalue weighted by atomic mass is 10.1. The minimum absolute atomic E-state index is 0.537. The van der Waals surface area contributed by atoms with Crippen molar-refractivity contribution in [2.75, 3.05) is 0 Å². The summed E-state index contributed by atoms with van der Waals surface area (Å²) in [6.07, 6.45) is 0. The first-order valence-corrected chi connectivity index (χ1v) is 5.45. The molecule has 1 heterocycles. The van der Waals surface area contributed by atoms with Crippen LogP contribution in [0.1, 0.15) is 22.5 Å². The molecule has 0 unspecified atom stereocenters. The van der Waals surface area contributed by atoms with Gasteiger partial charge >= 0.3 is 0 Å².